The maximum Gasteiger partial charge on any atom is 0.229 e. The van der Waals surface area contributed by atoms with Crippen LogP contribution in [0.1, 0.15) is 12.7 Å². The van der Waals surface area contributed by atoms with Crippen molar-refractivity contribution in [2.45, 2.75) is 13.8 Å². The molecule has 0 atom stereocenters. The van der Waals surface area contributed by atoms with Gasteiger partial charge in [-0.05, 0) is 26.0 Å². The number of hydrogen-bond acceptors (Lipinski definition) is 5. The Kier molecular flexibility index (Phi) is 4.50. The first-order chi connectivity index (χ1) is 12.3. The summed E-state index contributed by atoms with van der Waals surface area (Å²) in [5.74, 6) is 1.68. The van der Waals surface area contributed by atoms with Crippen molar-refractivity contribution < 1.29 is 9.64 Å². The summed E-state index contributed by atoms with van der Waals surface area (Å²) in [6, 6.07) is 8.15. The maximum atomic E-state index is 5.49. The zero-order valence-electron chi connectivity index (χ0n) is 14.9. The number of anilines is 1. The predicted octanol–water partition coefficient (Wildman–Crippen LogP) is 0.327. The zero-order chi connectivity index (χ0) is 17.2. The van der Waals surface area contributed by atoms with Gasteiger partial charge in [0.2, 0.25) is 5.95 Å². The van der Waals surface area contributed by atoms with Crippen LogP contribution in [-0.4, -0.2) is 65.5 Å². The number of hydrogen-bond donors (Lipinski definition) is 1. The number of benzene rings is 1. The van der Waals surface area contributed by atoms with E-state index in [1.165, 1.54) is 0 Å². The van der Waals surface area contributed by atoms with Crippen molar-refractivity contribution in [2.75, 3.05) is 50.8 Å². The summed E-state index contributed by atoms with van der Waals surface area (Å²) < 4.78 is 7.39. The van der Waals surface area contributed by atoms with E-state index in [4.69, 9.17) is 9.72 Å². The average molecular weight is 341 g/mol. The van der Waals surface area contributed by atoms with Gasteiger partial charge in [-0.25, -0.2) is 9.97 Å². The van der Waals surface area contributed by atoms with E-state index < -0.39 is 0 Å². The van der Waals surface area contributed by atoms with Gasteiger partial charge in [-0.1, -0.05) is 12.1 Å². The van der Waals surface area contributed by atoms with Crippen molar-refractivity contribution in [3.05, 3.63) is 30.1 Å². The highest BCUT2D eigenvalue weighted by atomic mass is 16.5. The number of nitrogens with zero attached hydrogens (tertiary/aromatic N) is 5. The SMILES string of the molecule is CCOCC[NH+]1CCN(c2nc3ccccc3c3nc(C)nn23)CC1. The summed E-state index contributed by atoms with van der Waals surface area (Å²) in [4.78, 5) is 13.4. The molecule has 7 heteroatoms. The Morgan fingerprint density at radius 1 is 1.16 bits per heavy atom. The Balaban J connectivity index is 1.61. The Morgan fingerprint density at radius 3 is 2.76 bits per heavy atom. The molecular formula is C18H25N6O+. The highest BCUT2D eigenvalue weighted by Gasteiger charge is 2.24. The molecule has 1 N–H and O–H groups in total. The van der Waals surface area contributed by atoms with Crippen LogP contribution in [-0.2, 0) is 4.74 Å². The Morgan fingerprint density at radius 2 is 1.96 bits per heavy atom. The van der Waals surface area contributed by atoms with Crippen molar-refractivity contribution in [2.24, 2.45) is 0 Å². The number of aryl methyl sites for hydroxylation is 1. The van der Waals surface area contributed by atoms with Crippen LogP contribution in [0.5, 0.6) is 0 Å². The first-order valence-corrected chi connectivity index (χ1v) is 9.04. The lowest BCUT2D eigenvalue weighted by molar-refractivity contribution is -0.901. The van der Waals surface area contributed by atoms with Gasteiger partial charge in [0, 0.05) is 12.0 Å². The summed E-state index contributed by atoms with van der Waals surface area (Å²) >= 11 is 0. The average Bonchev–Trinajstić information content (AvgIpc) is 3.04. The summed E-state index contributed by atoms with van der Waals surface area (Å²) in [6.07, 6.45) is 0. The fraction of sp³-hybridized carbons (Fsp3) is 0.500. The maximum absolute atomic E-state index is 5.49. The fourth-order valence-corrected chi connectivity index (χ4v) is 3.48. The molecule has 132 valence electrons. The van der Waals surface area contributed by atoms with Gasteiger partial charge in [0.05, 0.1) is 38.3 Å². The van der Waals surface area contributed by atoms with Gasteiger partial charge in [-0.2, -0.15) is 4.52 Å². The molecule has 1 aliphatic rings. The smallest absolute Gasteiger partial charge is 0.229 e. The second kappa shape index (κ2) is 6.93. The molecule has 0 spiro atoms. The number of quaternary nitrogens is 1. The molecule has 25 heavy (non-hydrogen) atoms. The van der Waals surface area contributed by atoms with E-state index in [0.29, 0.717) is 0 Å². The number of nitrogens with one attached hydrogen (secondary N) is 1. The second-order valence-corrected chi connectivity index (χ2v) is 6.51. The normalized spacial score (nSPS) is 16.2. The number of piperazine rings is 1. The van der Waals surface area contributed by atoms with E-state index in [2.05, 4.69) is 21.0 Å². The minimum absolute atomic E-state index is 0.778. The van der Waals surface area contributed by atoms with Gasteiger partial charge in [0.25, 0.3) is 0 Å². The number of rotatable bonds is 5. The topological polar surface area (TPSA) is 60.0 Å². The monoisotopic (exact) mass is 341 g/mol. The van der Waals surface area contributed by atoms with E-state index >= 15 is 0 Å². The first kappa shape index (κ1) is 16.2. The molecule has 3 aromatic rings. The molecule has 1 aliphatic heterocycles. The van der Waals surface area contributed by atoms with Gasteiger partial charge in [-0.3, -0.25) is 0 Å². The number of ether oxygens (including phenoxy) is 1. The molecule has 1 fully saturated rings. The van der Waals surface area contributed by atoms with E-state index in [-0.39, 0.29) is 0 Å². The van der Waals surface area contributed by atoms with Crippen LogP contribution >= 0.6 is 0 Å². The summed E-state index contributed by atoms with van der Waals surface area (Å²) in [5.41, 5.74) is 1.87. The third-order valence-corrected chi connectivity index (χ3v) is 4.83. The standard InChI is InChI=1S/C18H24N6O/c1-3-25-13-12-22-8-10-23(11-9-22)18-20-16-7-5-4-6-15(16)17-19-14(2)21-24(17)18/h4-7H,3,8-13H2,1-2H3/p+1. The van der Waals surface area contributed by atoms with Gasteiger partial charge in [0.1, 0.15) is 12.4 Å². The summed E-state index contributed by atoms with van der Waals surface area (Å²) in [6.45, 7) is 10.8. The van der Waals surface area contributed by atoms with Crippen molar-refractivity contribution in [1.29, 1.82) is 0 Å². The minimum Gasteiger partial charge on any atom is -0.376 e. The molecule has 1 aromatic carbocycles. The van der Waals surface area contributed by atoms with E-state index in [0.717, 1.165) is 74.3 Å². The third kappa shape index (κ3) is 3.17. The predicted molar refractivity (Wildman–Crippen MR) is 97.3 cm³/mol. The van der Waals surface area contributed by atoms with Crippen LogP contribution in [0.2, 0.25) is 0 Å². The van der Waals surface area contributed by atoms with Gasteiger partial charge in [-0.15, -0.1) is 5.10 Å². The molecular weight excluding hydrogens is 316 g/mol. The highest BCUT2D eigenvalue weighted by Crippen LogP contribution is 2.22. The van der Waals surface area contributed by atoms with Gasteiger partial charge < -0.3 is 14.5 Å². The van der Waals surface area contributed by atoms with Crippen LogP contribution in [0.15, 0.2) is 24.3 Å². The Hall–Kier alpha value is -2.25. The summed E-state index contributed by atoms with van der Waals surface area (Å²) in [5, 5.41) is 5.64. The molecule has 0 bridgehead atoms. The Labute approximate surface area is 147 Å². The molecule has 7 nitrogen and oxygen atoms in total. The van der Waals surface area contributed by atoms with Crippen molar-refractivity contribution in [1.82, 2.24) is 19.6 Å². The molecule has 0 saturated carbocycles. The lowest BCUT2D eigenvalue weighted by atomic mass is 10.2. The molecule has 1 saturated heterocycles. The van der Waals surface area contributed by atoms with Crippen molar-refractivity contribution in [3.63, 3.8) is 0 Å². The van der Waals surface area contributed by atoms with Gasteiger partial charge >= 0.3 is 0 Å². The molecule has 0 aliphatic carbocycles. The van der Waals surface area contributed by atoms with Crippen molar-refractivity contribution >= 4 is 22.5 Å². The van der Waals surface area contributed by atoms with Crippen LogP contribution < -0.4 is 9.80 Å². The van der Waals surface area contributed by atoms with E-state index in [9.17, 15) is 0 Å². The lowest BCUT2D eigenvalue weighted by Crippen LogP contribution is -3.15. The quantitative estimate of drug-likeness (QED) is 0.678. The molecule has 4 rings (SSSR count). The molecule has 0 radical (unpaired) electrons. The van der Waals surface area contributed by atoms with Gasteiger partial charge in [0.15, 0.2) is 5.65 Å². The first-order valence-electron chi connectivity index (χ1n) is 9.04. The molecule has 3 heterocycles. The van der Waals surface area contributed by atoms with Crippen LogP contribution in [0.3, 0.4) is 0 Å². The van der Waals surface area contributed by atoms with Crippen molar-refractivity contribution in [3.8, 4) is 0 Å². The van der Waals surface area contributed by atoms with Crippen LogP contribution in [0.4, 0.5) is 5.95 Å². The van der Waals surface area contributed by atoms with Crippen LogP contribution in [0.25, 0.3) is 16.6 Å². The van der Waals surface area contributed by atoms with E-state index in [1.807, 2.05) is 36.6 Å². The second-order valence-electron chi connectivity index (χ2n) is 6.51. The molecule has 0 unspecified atom stereocenters. The lowest BCUT2D eigenvalue weighted by Gasteiger charge is -2.32. The third-order valence-electron chi connectivity index (χ3n) is 4.83. The Bertz CT molecular complexity index is 869. The highest BCUT2D eigenvalue weighted by molar-refractivity contribution is 5.92. The number of para-hydroxylation sites is 1. The largest absolute Gasteiger partial charge is 0.376 e. The fourth-order valence-electron chi connectivity index (χ4n) is 3.48. The summed E-state index contributed by atoms with van der Waals surface area (Å²) in [7, 11) is 0. The molecule has 2 aromatic heterocycles. The zero-order valence-corrected chi connectivity index (χ0v) is 14.9. The van der Waals surface area contributed by atoms with E-state index in [1.54, 1.807) is 4.90 Å². The number of aromatic nitrogens is 4. The molecule has 0 amide bonds. The minimum atomic E-state index is 0.778. The number of fused-ring (bicyclic) bond motifs is 3. The van der Waals surface area contributed by atoms with Crippen LogP contribution in [0, 0.1) is 6.92 Å².